The van der Waals surface area contributed by atoms with Gasteiger partial charge in [-0.15, -0.1) is 10.2 Å². The average molecular weight is 358 g/mol. The molecule has 128 valence electrons. The number of nitriles is 1. The molecule has 2 fully saturated rings. The fraction of sp³-hybridized carbons (Fsp3) is 0.471. The van der Waals surface area contributed by atoms with Gasteiger partial charge in [0.05, 0.1) is 16.0 Å². The van der Waals surface area contributed by atoms with Gasteiger partial charge in [-0.3, -0.25) is 4.79 Å². The van der Waals surface area contributed by atoms with Crippen LogP contribution in [0, 0.1) is 24.2 Å². The van der Waals surface area contributed by atoms with Crippen molar-refractivity contribution in [1.82, 2.24) is 20.1 Å². The lowest BCUT2D eigenvalue weighted by Gasteiger charge is -2.24. The number of pyridine rings is 1. The Bertz CT molecular complexity index is 889. The molecule has 1 saturated heterocycles. The molecule has 1 saturated carbocycles. The minimum absolute atomic E-state index is 0.178. The van der Waals surface area contributed by atoms with Crippen molar-refractivity contribution in [2.45, 2.75) is 31.6 Å². The molecule has 2 atom stereocenters. The van der Waals surface area contributed by atoms with Gasteiger partial charge < -0.3 is 9.32 Å². The smallest absolute Gasteiger partial charge is 0.274 e. The molecule has 1 aliphatic carbocycles. The first kappa shape index (κ1) is 16.0. The van der Waals surface area contributed by atoms with Crippen LogP contribution < -0.4 is 0 Å². The van der Waals surface area contributed by atoms with Gasteiger partial charge >= 0.3 is 0 Å². The highest BCUT2D eigenvalue weighted by molar-refractivity contribution is 6.33. The number of hydrogen-bond acceptors (Lipinski definition) is 6. The zero-order valence-corrected chi connectivity index (χ0v) is 14.5. The molecule has 0 radical (unpaired) electrons. The minimum atomic E-state index is -0.268. The number of rotatable bonds is 2. The van der Waals surface area contributed by atoms with Crippen LogP contribution in [0.3, 0.4) is 0 Å². The van der Waals surface area contributed by atoms with Crippen LogP contribution in [0.15, 0.2) is 16.7 Å². The molecule has 8 heteroatoms. The molecule has 0 bridgehead atoms. The molecule has 1 aliphatic heterocycles. The first-order chi connectivity index (χ1) is 12.0. The van der Waals surface area contributed by atoms with E-state index in [1.807, 2.05) is 6.07 Å². The summed E-state index contributed by atoms with van der Waals surface area (Å²) < 4.78 is 5.72. The molecule has 4 rings (SSSR count). The lowest BCUT2D eigenvalue weighted by molar-refractivity contribution is 0.0770. The van der Waals surface area contributed by atoms with E-state index in [4.69, 9.17) is 21.3 Å². The number of carbonyl (C=O) groups is 1. The van der Waals surface area contributed by atoms with E-state index in [-0.39, 0.29) is 22.0 Å². The predicted octanol–water partition coefficient (Wildman–Crippen LogP) is 2.49. The highest BCUT2D eigenvalue weighted by atomic mass is 35.5. The normalized spacial score (nSPS) is 25.0. The molecule has 0 unspecified atom stereocenters. The molecule has 2 aliphatic rings. The maximum atomic E-state index is 12.9. The van der Waals surface area contributed by atoms with Gasteiger partial charge in [-0.25, -0.2) is 4.98 Å². The van der Waals surface area contributed by atoms with E-state index in [0.29, 0.717) is 36.4 Å². The van der Waals surface area contributed by atoms with Crippen LogP contribution in [0.25, 0.3) is 0 Å². The van der Waals surface area contributed by atoms with Crippen molar-refractivity contribution in [3.63, 3.8) is 0 Å². The number of likely N-dealkylation sites (tertiary alicyclic amines) is 1. The van der Waals surface area contributed by atoms with Crippen molar-refractivity contribution < 1.29 is 9.21 Å². The fourth-order valence-electron chi connectivity index (χ4n) is 4.10. The molecule has 2 aromatic rings. The summed E-state index contributed by atoms with van der Waals surface area (Å²) in [5.74, 6) is 1.24. The van der Waals surface area contributed by atoms with Crippen molar-refractivity contribution in [2.24, 2.45) is 5.92 Å². The zero-order valence-electron chi connectivity index (χ0n) is 13.7. The second kappa shape index (κ2) is 5.81. The summed E-state index contributed by atoms with van der Waals surface area (Å²) in [5, 5.41) is 17.3. The number of amides is 1. The van der Waals surface area contributed by atoms with Gasteiger partial charge in [0.15, 0.2) is 0 Å². The van der Waals surface area contributed by atoms with Crippen LogP contribution in [0.1, 0.15) is 47.1 Å². The summed E-state index contributed by atoms with van der Waals surface area (Å²) in [5.41, 5.74) is 0.242. The maximum Gasteiger partial charge on any atom is 0.274 e. The van der Waals surface area contributed by atoms with Gasteiger partial charge in [-0.1, -0.05) is 18.0 Å². The topological polar surface area (TPSA) is 95.9 Å². The first-order valence-electron chi connectivity index (χ1n) is 8.19. The summed E-state index contributed by atoms with van der Waals surface area (Å²) in [6.45, 7) is 2.92. The Morgan fingerprint density at radius 3 is 3.04 bits per heavy atom. The van der Waals surface area contributed by atoms with Crippen LogP contribution in [0.4, 0.5) is 0 Å². The molecule has 2 aromatic heterocycles. The molecule has 25 heavy (non-hydrogen) atoms. The van der Waals surface area contributed by atoms with Gasteiger partial charge in [0, 0.05) is 26.2 Å². The number of carbonyl (C=O) groups excluding carboxylic acids is 1. The molecule has 0 spiro atoms. The highest BCUT2D eigenvalue weighted by Gasteiger charge is 2.55. The van der Waals surface area contributed by atoms with Crippen molar-refractivity contribution in [3.05, 3.63) is 40.3 Å². The van der Waals surface area contributed by atoms with Gasteiger partial charge in [0.2, 0.25) is 11.8 Å². The second-order valence-electron chi connectivity index (χ2n) is 6.72. The molecular formula is C17H16ClN5O2. The lowest BCUT2D eigenvalue weighted by atomic mass is 9.80. The number of hydrogen-bond donors (Lipinski definition) is 0. The average Bonchev–Trinajstić information content (AvgIpc) is 3.27. The number of nitrogens with zero attached hydrogens (tertiary/aromatic N) is 5. The van der Waals surface area contributed by atoms with E-state index < -0.39 is 0 Å². The van der Waals surface area contributed by atoms with E-state index in [2.05, 4.69) is 15.2 Å². The Labute approximate surface area is 149 Å². The van der Waals surface area contributed by atoms with E-state index >= 15 is 0 Å². The van der Waals surface area contributed by atoms with Crippen LogP contribution in [-0.4, -0.2) is 39.1 Å². The third kappa shape index (κ3) is 2.48. The van der Waals surface area contributed by atoms with Gasteiger partial charge in [0.1, 0.15) is 11.8 Å². The third-order valence-corrected chi connectivity index (χ3v) is 5.57. The largest absolute Gasteiger partial charge is 0.425 e. The third-order valence-electron chi connectivity index (χ3n) is 5.28. The van der Waals surface area contributed by atoms with Crippen LogP contribution in [0.5, 0.6) is 0 Å². The summed E-state index contributed by atoms with van der Waals surface area (Å²) in [6.07, 6.45) is 4.41. The quantitative estimate of drug-likeness (QED) is 0.819. The van der Waals surface area contributed by atoms with Crippen molar-refractivity contribution >= 4 is 17.5 Å². The molecule has 3 heterocycles. The Hall–Kier alpha value is -2.46. The van der Waals surface area contributed by atoms with Crippen molar-refractivity contribution in [1.29, 1.82) is 5.26 Å². The fourth-order valence-corrected chi connectivity index (χ4v) is 4.34. The predicted molar refractivity (Wildman–Crippen MR) is 87.9 cm³/mol. The van der Waals surface area contributed by atoms with Crippen LogP contribution >= 0.6 is 11.6 Å². The maximum absolute atomic E-state index is 12.9. The van der Waals surface area contributed by atoms with E-state index in [9.17, 15) is 4.79 Å². The number of aromatic nitrogens is 3. The van der Waals surface area contributed by atoms with Crippen LogP contribution in [-0.2, 0) is 5.41 Å². The summed E-state index contributed by atoms with van der Waals surface area (Å²) in [7, 11) is 0. The summed E-state index contributed by atoms with van der Waals surface area (Å²) >= 11 is 6.16. The first-order valence-corrected chi connectivity index (χ1v) is 8.57. The summed E-state index contributed by atoms with van der Waals surface area (Å²) in [4.78, 5) is 18.8. The highest BCUT2D eigenvalue weighted by Crippen LogP contribution is 2.50. The number of fused-ring (bicyclic) bond motifs is 1. The number of halogens is 1. The second-order valence-corrected chi connectivity index (χ2v) is 7.13. The standard InChI is InChI=1S/C17H16ClN5O2/c1-10-21-22-16(25-10)17-4-2-3-12(17)8-23(9-17)15(24)14-13(18)5-11(6-19)7-20-14/h5,7,12H,2-4,8-9H2,1H3/t12-,17-/m0/s1. The zero-order chi connectivity index (χ0) is 17.6. The Balaban J connectivity index is 1.63. The molecule has 0 N–H and O–H groups in total. The van der Waals surface area contributed by atoms with Gasteiger partial charge in [-0.05, 0) is 24.8 Å². The Morgan fingerprint density at radius 2 is 2.36 bits per heavy atom. The monoisotopic (exact) mass is 357 g/mol. The SMILES string of the molecule is Cc1nnc([C@]23CCC[C@H]2CN(C(=O)c2ncc(C#N)cc2Cl)C3)o1. The van der Waals surface area contributed by atoms with E-state index in [0.717, 1.165) is 19.3 Å². The minimum Gasteiger partial charge on any atom is -0.425 e. The van der Waals surface area contributed by atoms with Crippen molar-refractivity contribution in [3.8, 4) is 6.07 Å². The van der Waals surface area contributed by atoms with Gasteiger partial charge in [0.25, 0.3) is 5.91 Å². The Kier molecular flexibility index (Phi) is 3.73. The number of aryl methyl sites for hydroxylation is 1. The molecular weight excluding hydrogens is 342 g/mol. The van der Waals surface area contributed by atoms with E-state index in [1.165, 1.54) is 12.3 Å². The molecule has 1 amide bonds. The Morgan fingerprint density at radius 1 is 1.52 bits per heavy atom. The lowest BCUT2D eigenvalue weighted by Crippen LogP contribution is -2.35. The van der Waals surface area contributed by atoms with Crippen LogP contribution in [0.2, 0.25) is 5.02 Å². The van der Waals surface area contributed by atoms with Crippen molar-refractivity contribution in [2.75, 3.05) is 13.1 Å². The van der Waals surface area contributed by atoms with Gasteiger partial charge in [-0.2, -0.15) is 5.26 Å². The van der Waals surface area contributed by atoms with E-state index in [1.54, 1.807) is 11.8 Å². The molecule has 7 nitrogen and oxygen atoms in total. The summed E-state index contributed by atoms with van der Waals surface area (Å²) in [6, 6.07) is 3.43. The molecule has 0 aromatic carbocycles.